The van der Waals surface area contributed by atoms with Crippen molar-refractivity contribution in [2.24, 2.45) is 16.5 Å². The second kappa shape index (κ2) is 8.86. The summed E-state index contributed by atoms with van der Waals surface area (Å²) in [6, 6.07) is 15.0. The molecule has 27 heavy (non-hydrogen) atoms. The zero-order valence-corrected chi connectivity index (χ0v) is 15.9. The van der Waals surface area contributed by atoms with E-state index in [1.807, 2.05) is 17.0 Å². The number of aliphatic imine (C=N–C) groups is 1. The first-order valence-corrected chi connectivity index (χ1v) is 9.59. The minimum absolute atomic E-state index is 0.132. The number of hydrogen-bond donors (Lipinski definition) is 3. The van der Waals surface area contributed by atoms with Gasteiger partial charge in [-0.3, -0.25) is 9.79 Å². The van der Waals surface area contributed by atoms with Crippen LogP contribution in [0.2, 0.25) is 0 Å². The Kier molecular flexibility index (Phi) is 6.29. The molecule has 1 amide bonds. The molecule has 6 nitrogen and oxygen atoms in total. The molecule has 2 aromatic rings. The van der Waals surface area contributed by atoms with Gasteiger partial charge in [0, 0.05) is 31.7 Å². The van der Waals surface area contributed by atoms with E-state index in [2.05, 4.69) is 47.6 Å². The van der Waals surface area contributed by atoms with E-state index in [0.29, 0.717) is 13.0 Å². The first-order chi connectivity index (χ1) is 13.0. The molecular weight excluding hydrogens is 338 g/mol. The Hall–Kier alpha value is -2.60. The highest BCUT2D eigenvalue weighted by molar-refractivity contribution is 5.85. The van der Waals surface area contributed by atoms with E-state index in [1.165, 1.54) is 10.8 Å². The summed E-state index contributed by atoms with van der Waals surface area (Å²) in [7, 11) is 0. The molecule has 1 heterocycles. The van der Waals surface area contributed by atoms with Gasteiger partial charge in [0.15, 0.2) is 5.96 Å². The molecule has 0 radical (unpaired) electrons. The van der Waals surface area contributed by atoms with Crippen LogP contribution in [-0.2, 0) is 11.2 Å². The number of amides is 1. The highest BCUT2D eigenvalue weighted by Crippen LogP contribution is 2.18. The van der Waals surface area contributed by atoms with Crippen molar-refractivity contribution >= 4 is 22.6 Å². The first kappa shape index (κ1) is 19.2. The zero-order chi connectivity index (χ0) is 19.2. The molecule has 2 atom stereocenters. The maximum Gasteiger partial charge on any atom is 0.227 e. The van der Waals surface area contributed by atoms with E-state index >= 15 is 0 Å². The van der Waals surface area contributed by atoms with Crippen molar-refractivity contribution < 1.29 is 4.79 Å². The second-order valence-corrected chi connectivity index (χ2v) is 7.31. The third kappa shape index (κ3) is 5.20. The summed E-state index contributed by atoms with van der Waals surface area (Å²) in [5, 5.41) is 5.90. The lowest BCUT2D eigenvalue weighted by Gasteiger charge is -2.39. The molecule has 1 saturated heterocycles. The minimum Gasteiger partial charge on any atom is -0.370 e. The lowest BCUT2D eigenvalue weighted by molar-refractivity contribution is -0.134. The van der Waals surface area contributed by atoms with Crippen molar-refractivity contribution in [1.82, 2.24) is 10.2 Å². The molecular formula is C21H29N5O. The standard InChI is InChI=1S/C21H29N5O/c1-15-13-25-19(7-4-10-24-21(22)23)14-26(15)20(27)12-16-8-9-17-5-2-3-6-18(17)11-16/h2-3,5-6,8-9,11,15,19,25H,4,7,10,12-14H2,1H3,(H4,22,23,24)/t15-,19+/m1/s1. The van der Waals surface area contributed by atoms with Crippen LogP contribution in [0.1, 0.15) is 25.3 Å². The number of hydrogen-bond acceptors (Lipinski definition) is 3. The molecule has 0 aromatic heterocycles. The van der Waals surface area contributed by atoms with E-state index in [0.717, 1.165) is 31.5 Å². The Morgan fingerprint density at radius 2 is 2.00 bits per heavy atom. The summed E-state index contributed by atoms with van der Waals surface area (Å²) >= 11 is 0. The number of carbonyl (C=O) groups excluding carboxylic acids is 1. The van der Waals surface area contributed by atoms with Crippen molar-refractivity contribution in [3.8, 4) is 0 Å². The average Bonchev–Trinajstić information content (AvgIpc) is 2.66. The number of rotatable bonds is 6. The number of benzene rings is 2. The van der Waals surface area contributed by atoms with Gasteiger partial charge in [0.25, 0.3) is 0 Å². The van der Waals surface area contributed by atoms with Gasteiger partial charge in [0.1, 0.15) is 0 Å². The fraction of sp³-hybridized carbons (Fsp3) is 0.429. The molecule has 144 valence electrons. The highest BCUT2D eigenvalue weighted by atomic mass is 16.2. The van der Waals surface area contributed by atoms with Gasteiger partial charge in [-0.25, -0.2) is 0 Å². The molecule has 1 fully saturated rings. The lowest BCUT2D eigenvalue weighted by Crippen LogP contribution is -2.57. The molecule has 2 aromatic carbocycles. The third-order valence-electron chi connectivity index (χ3n) is 5.15. The molecule has 0 saturated carbocycles. The van der Waals surface area contributed by atoms with Crippen molar-refractivity contribution in [2.75, 3.05) is 19.6 Å². The van der Waals surface area contributed by atoms with Gasteiger partial charge in [-0.05, 0) is 36.1 Å². The van der Waals surface area contributed by atoms with Gasteiger partial charge < -0.3 is 21.7 Å². The second-order valence-electron chi connectivity index (χ2n) is 7.31. The minimum atomic E-state index is 0.132. The summed E-state index contributed by atoms with van der Waals surface area (Å²) in [6.07, 6.45) is 2.29. The van der Waals surface area contributed by atoms with Crippen LogP contribution >= 0.6 is 0 Å². The molecule has 0 spiro atoms. The third-order valence-corrected chi connectivity index (χ3v) is 5.15. The normalized spacial score (nSPS) is 19.8. The van der Waals surface area contributed by atoms with Gasteiger partial charge in [-0.1, -0.05) is 42.5 Å². The lowest BCUT2D eigenvalue weighted by atomic mass is 10.0. The summed E-state index contributed by atoms with van der Waals surface area (Å²) in [6.45, 7) is 4.27. The van der Waals surface area contributed by atoms with Crippen LogP contribution in [0, 0.1) is 0 Å². The maximum absolute atomic E-state index is 12.9. The van der Waals surface area contributed by atoms with Crippen molar-refractivity contribution in [2.45, 2.75) is 38.3 Å². The summed E-state index contributed by atoms with van der Waals surface area (Å²) in [4.78, 5) is 19.0. The Bertz CT molecular complexity index is 815. The number of nitrogens with two attached hydrogens (primary N) is 2. The van der Waals surface area contributed by atoms with Crippen LogP contribution in [0.5, 0.6) is 0 Å². The predicted molar refractivity (Wildman–Crippen MR) is 111 cm³/mol. The molecule has 1 aliphatic rings. The molecule has 0 bridgehead atoms. The van der Waals surface area contributed by atoms with Gasteiger partial charge in [-0.15, -0.1) is 0 Å². The molecule has 6 heteroatoms. The molecule has 3 rings (SSSR count). The van der Waals surface area contributed by atoms with Crippen LogP contribution in [0.3, 0.4) is 0 Å². The summed E-state index contributed by atoms with van der Waals surface area (Å²) < 4.78 is 0. The highest BCUT2D eigenvalue weighted by Gasteiger charge is 2.28. The van der Waals surface area contributed by atoms with Crippen LogP contribution in [0.15, 0.2) is 47.5 Å². The van der Waals surface area contributed by atoms with Crippen LogP contribution in [0.4, 0.5) is 0 Å². The number of guanidine groups is 1. The largest absolute Gasteiger partial charge is 0.370 e. The summed E-state index contributed by atoms with van der Waals surface area (Å²) in [5.41, 5.74) is 11.8. The van der Waals surface area contributed by atoms with E-state index in [-0.39, 0.29) is 24.0 Å². The monoisotopic (exact) mass is 367 g/mol. The molecule has 0 unspecified atom stereocenters. The van der Waals surface area contributed by atoms with E-state index in [9.17, 15) is 4.79 Å². The Morgan fingerprint density at radius 1 is 1.22 bits per heavy atom. The van der Waals surface area contributed by atoms with Gasteiger partial charge in [0.05, 0.1) is 6.42 Å². The molecule has 0 aliphatic carbocycles. The van der Waals surface area contributed by atoms with Gasteiger partial charge in [-0.2, -0.15) is 0 Å². The quantitative estimate of drug-likeness (QED) is 0.411. The number of nitrogens with zero attached hydrogens (tertiary/aromatic N) is 2. The fourth-order valence-corrected chi connectivity index (χ4v) is 3.64. The topological polar surface area (TPSA) is 96.7 Å². The number of carbonyl (C=O) groups is 1. The van der Waals surface area contributed by atoms with E-state index in [4.69, 9.17) is 11.5 Å². The SMILES string of the molecule is C[C@@H]1CN[C@@H](CCCN=C(N)N)CN1C(=O)Cc1ccc2ccccc2c1. The van der Waals surface area contributed by atoms with Crippen LogP contribution in [-0.4, -0.2) is 48.5 Å². The van der Waals surface area contributed by atoms with Crippen LogP contribution in [0.25, 0.3) is 10.8 Å². The number of fused-ring (bicyclic) bond motifs is 1. The zero-order valence-electron chi connectivity index (χ0n) is 15.9. The molecule has 5 N–H and O–H groups in total. The Morgan fingerprint density at radius 3 is 2.78 bits per heavy atom. The smallest absolute Gasteiger partial charge is 0.227 e. The Labute approximate surface area is 160 Å². The predicted octanol–water partition coefficient (Wildman–Crippen LogP) is 1.62. The van der Waals surface area contributed by atoms with Crippen molar-refractivity contribution in [3.05, 3.63) is 48.0 Å². The fourth-order valence-electron chi connectivity index (χ4n) is 3.64. The average molecular weight is 367 g/mol. The van der Waals surface area contributed by atoms with Crippen molar-refractivity contribution in [3.63, 3.8) is 0 Å². The van der Waals surface area contributed by atoms with Crippen LogP contribution < -0.4 is 16.8 Å². The number of nitrogens with one attached hydrogen (secondary N) is 1. The van der Waals surface area contributed by atoms with Gasteiger partial charge >= 0.3 is 0 Å². The van der Waals surface area contributed by atoms with E-state index < -0.39 is 0 Å². The first-order valence-electron chi connectivity index (χ1n) is 9.59. The Balaban J connectivity index is 1.59. The maximum atomic E-state index is 12.9. The van der Waals surface area contributed by atoms with Crippen molar-refractivity contribution in [1.29, 1.82) is 0 Å². The van der Waals surface area contributed by atoms with Gasteiger partial charge in [0.2, 0.25) is 5.91 Å². The van der Waals surface area contributed by atoms with E-state index in [1.54, 1.807) is 0 Å². The summed E-state index contributed by atoms with van der Waals surface area (Å²) in [5.74, 6) is 0.320. The molecule has 1 aliphatic heterocycles. The number of piperazine rings is 1.